The van der Waals surface area contributed by atoms with Crippen molar-refractivity contribution in [3.63, 3.8) is 0 Å². The second-order valence-corrected chi connectivity index (χ2v) is 7.39. The number of hydrogen-bond acceptors (Lipinski definition) is 6. The van der Waals surface area contributed by atoms with Gasteiger partial charge in [-0.1, -0.05) is 6.07 Å². The summed E-state index contributed by atoms with van der Waals surface area (Å²) >= 11 is 3.63. The number of fused-ring (bicyclic) bond motifs is 2. The maximum absolute atomic E-state index is 6.36. The molecule has 7 nitrogen and oxygen atoms in total. The highest BCUT2D eigenvalue weighted by Crippen LogP contribution is 2.38. The fraction of sp³-hybridized carbons (Fsp3) is 0.333. The van der Waals surface area contributed by atoms with Crippen LogP contribution < -0.4 is 20.5 Å². The molecule has 1 aromatic carbocycles. The molecule has 8 heteroatoms. The van der Waals surface area contributed by atoms with Crippen LogP contribution in [0.4, 0.5) is 5.82 Å². The largest absolute Gasteiger partial charge is 0.454 e. The molecule has 4 heterocycles. The van der Waals surface area contributed by atoms with Crippen molar-refractivity contribution in [2.75, 3.05) is 25.6 Å². The number of ether oxygens (including phenoxy) is 2. The van der Waals surface area contributed by atoms with Crippen molar-refractivity contribution in [3.8, 4) is 22.6 Å². The lowest BCUT2D eigenvalue weighted by atomic mass is 9.96. The van der Waals surface area contributed by atoms with Crippen LogP contribution in [0, 0.1) is 0 Å². The van der Waals surface area contributed by atoms with E-state index in [-0.39, 0.29) is 6.79 Å². The van der Waals surface area contributed by atoms with E-state index < -0.39 is 0 Å². The monoisotopic (exact) mass is 415 g/mol. The van der Waals surface area contributed by atoms with Crippen molar-refractivity contribution in [2.24, 2.45) is 0 Å². The van der Waals surface area contributed by atoms with E-state index in [1.807, 2.05) is 18.2 Å². The lowest BCUT2D eigenvalue weighted by molar-refractivity contribution is 0.174. The van der Waals surface area contributed by atoms with Gasteiger partial charge in [-0.2, -0.15) is 9.61 Å². The van der Waals surface area contributed by atoms with Gasteiger partial charge in [0.05, 0.1) is 16.4 Å². The maximum atomic E-state index is 6.36. The van der Waals surface area contributed by atoms with Gasteiger partial charge in [0.1, 0.15) is 5.82 Å². The molecule has 1 fully saturated rings. The molecule has 134 valence electrons. The van der Waals surface area contributed by atoms with Crippen LogP contribution in [0.2, 0.25) is 0 Å². The highest BCUT2D eigenvalue weighted by Gasteiger charge is 2.24. The second-order valence-electron chi connectivity index (χ2n) is 6.60. The van der Waals surface area contributed by atoms with Gasteiger partial charge in [-0.15, -0.1) is 0 Å². The summed E-state index contributed by atoms with van der Waals surface area (Å²) in [6, 6.07) is 5.86. The van der Waals surface area contributed by atoms with Crippen LogP contribution in [0.1, 0.15) is 24.5 Å². The minimum Gasteiger partial charge on any atom is -0.454 e. The second kappa shape index (κ2) is 6.14. The molecule has 0 spiro atoms. The molecule has 0 bridgehead atoms. The molecule has 2 aromatic heterocycles. The fourth-order valence-corrected chi connectivity index (χ4v) is 4.22. The van der Waals surface area contributed by atoms with E-state index in [0.717, 1.165) is 64.4 Å². The van der Waals surface area contributed by atoms with Gasteiger partial charge >= 0.3 is 0 Å². The SMILES string of the molecule is Nc1c(Br)c(C2CCCNC2)nc2c(-c3ccc4c(c3)OCO4)cnn12. The Hall–Kier alpha value is -2.32. The van der Waals surface area contributed by atoms with E-state index in [4.69, 9.17) is 20.2 Å². The van der Waals surface area contributed by atoms with Gasteiger partial charge in [0.2, 0.25) is 6.79 Å². The van der Waals surface area contributed by atoms with E-state index >= 15 is 0 Å². The van der Waals surface area contributed by atoms with Gasteiger partial charge in [0.25, 0.3) is 0 Å². The molecule has 0 radical (unpaired) electrons. The molecule has 0 saturated carbocycles. The Labute approximate surface area is 158 Å². The number of anilines is 1. The van der Waals surface area contributed by atoms with Crippen molar-refractivity contribution in [2.45, 2.75) is 18.8 Å². The highest BCUT2D eigenvalue weighted by molar-refractivity contribution is 9.10. The summed E-state index contributed by atoms with van der Waals surface area (Å²) in [6.07, 6.45) is 4.03. The number of nitrogens with zero attached hydrogens (tertiary/aromatic N) is 3. The van der Waals surface area contributed by atoms with Crippen LogP contribution in [0.3, 0.4) is 0 Å². The van der Waals surface area contributed by atoms with Crippen molar-refractivity contribution in [1.29, 1.82) is 0 Å². The Balaban J connectivity index is 1.66. The summed E-state index contributed by atoms with van der Waals surface area (Å²) in [6.45, 7) is 2.22. The highest BCUT2D eigenvalue weighted by atomic mass is 79.9. The van der Waals surface area contributed by atoms with Crippen molar-refractivity contribution < 1.29 is 9.47 Å². The number of aromatic nitrogens is 3. The molecule has 2 aliphatic rings. The van der Waals surface area contributed by atoms with Gasteiger partial charge in [-0.05, 0) is 53.0 Å². The molecule has 26 heavy (non-hydrogen) atoms. The molecule has 5 rings (SSSR count). The first kappa shape index (κ1) is 15.9. The van der Waals surface area contributed by atoms with E-state index in [9.17, 15) is 0 Å². The van der Waals surface area contributed by atoms with Gasteiger partial charge in [0, 0.05) is 18.0 Å². The van der Waals surface area contributed by atoms with Crippen LogP contribution >= 0.6 is 15.9 Å². The van der Waals surface area contributed by atoms with Gasteiger partial charge in [-0.25, -0.2) is 4.98 Å². The number of nitrogens with two attached hydrogens (primary N) is 1. The first-order chi connectivity index (χ1) is 12.7. The first-order valence-corrected chi connectivity index (χ1v) is 9.45. The molecule has 0 aliphatic carbocycles. The summed E-state index contributed by atoms with van der Waals surface area (Å²) in [4.78, 5) is 4.95. The van der Waals surface area contributed by atoms with Gasteiger partial charge in [-0.3, -0.25) is 0 Å². The zero-order valence-corrected chi connectivity index (χ0v) is 15.6. The average molecular weight is 416 g/mol. The van der Waals surface area contributed by atoms with Crippen LogP contribution in [0.5, 0.6) is 11.5 Å². The smallest absolute Gasteiger partial charge is 0.231 e. The molecule has 1 saturated heterocycles. The maximum Gasteiger partial charge on any atom is 0.231 e. The molecule has 1 unspecified atom stereocenters. The Morgan fingerprint density at radius 2 is 2.15 bits per heavy atom. The third-order valence-corrected chi connectivity index (χ3v) is 5.83. The number of halogens is 1. The van der Waals surface area contributed by atoms with Crippen molar-refractivity contribution >= 4 is 27.4 Å². The van der Waals surface area contributed by atoms with Gasteiger partial charge < -0.3 is 20.5 Å². The van der Waals surface area contributed by atoms with Crippen molar-refractivity contribution in [1.82, 2.24) is 19.9 Å². The number of nitrogens with one attached hydrogen (secondary N) is 1. The van der Waals surface area contributed by atoms with Crippen LogP contribution in [-0.2, 0) is 0 Å². The van der Waals surface area contributed by atoms with Crippen LogP contribution in [0.25, 0.3) is 16.8 Å². The summed E-state index contributed by atoms with van der Waals surface area (Å²) in [7, 11) is 0. The average Bonchev–Trinajstić information content (AvgIpc) is 3.31. The number of hydrogen-bond donors (Lipinski definition) is 2. The molecule has 2 aliphatic heterocycles. The van der Waals surface area contributed by atoms with Crippen LogP contribution in [0.15, 0.2) is 28.9 Å². The Kier molecular flexibility index (Phi) is 3.75. The predicted molar refractivity (Wildman–Crippen MR) is 102 cm³/mol. The van der Waals surface area contributed by atoms with Gasteiger partial charge in [0.15, 0.2) is 17.1 Å². The molecule has 3 aromatic rings. The Bertz CT molecular complexity index is 997. The zero-order valence-electron chi connectivity index (χ0n) is 14.0. The lowest BCUT2D eigenvalue weighted by Crippen LogP contribution is -2.29. The number of benzene rings is 1. The Morgan fingerprint density at radius 3 is 3.00 bits per heavy atom. The molecular weight excluding hydrogens is 398 g/mol. The molecule has 0 amide bonds. The zero-order chi connectivity index (χ0) is 17.7. The quantitative estimate of drug-likeness (QED) is 0.668. The minimum absolute atomic E-state index is 0.254. The summed E-state index contributed by atoms with van der Waals surface area (Å²) in [5.41, 5.74) is 10.0. The third-order valence-electron chi connectivity index (χ3n) is 5.02. The summed E-state index contributed by atoms with van der Waals surface area (Å²) in [5.74, 6) is 2.41. The number of piperidine rings is 1. The summed E-state index contributed by atoms with van der Waals surface area (Å²) < 4.78 is 13.4. The third kappa shape index (κ3) is 2.44. The standard InChI is InChI=1S/C18H18BrN5O2/c19-15-16(11-2-1-5-21-7-11)23-18-12(8-22-24(18)17(15)20)10-3-4-13-14(6-10)26-9-25-13/h3-4,6,8,11,21H,1-2,5,7,9,20H2. The van der Waals surface area contributed by atoms with Crippen molar-refractivity contribution in [3.05, 3.63) is 34.6 Å². The normalized spacial score (nSPS) is 19.2. The van der Waals surface area contributed by atoms with E-state index in [2.05, 4.69) is 26.3 Å². The summed E-state index contributed by atoms with van der Waals surface area (Å²) in [5, 5.41) is 7.89. The predicted octanol–water partition coefficient (Wildman–Crippen LogP) is 2.94. The molecular formula is C18H18BrN5O2. The molecule has 1 atom stereocenters. The van der Waals surface area contributed by atoms with E-state index in [1.54, 1.807) is 10.7 Å². The number of rotatable bonds is 2. The first-order valence-electron chi connectivity index (χ1n) is 8.65. The minimum atomic E-state index is 0.254. The lowest BCUT2D eigenvalue weighted by Gasteiger charge is -2.23. The van der Waals surface area contributed by atoms with E-state index in [0.29, 0.717) is 11.7 Å². The van der Waals surface area contributed by atoms with E-state index in [1.165, 1.54) is 0 Å². The van der Waals surface area contributed by atoms with Crippen LogP contribution in [-0.4, -0.2) is 34.5 Å². The number of nitrogen functional groups attached to an aromatic ring is 1. The fourth-order valence-electron chi connectivity index (χ4n) is 3.64. The molecule has 3 N–H and O–H groups in total. The topological polar surface area (TPSA) is 86.7 Å². The Morgan fingerprint density at radius 1 is 1.27 bits per heavy atom.